The lowest BCUT2D eigenvalue weighted by Gasteiger charge is -2.15. The van der Waals surface area contributed by atoms with Crippen molar-refractivity contribution in [2.24, 2.45) is 5.92 Å². The second kappa shape index (κ2) is 6.94. The summed E-state index contributed by atoms with van der Waals surface area (Å²) in [7, 11) is 0. The number of hydrogen-bond acceptors (Lipinski definition) is 1. The van der Waals surface area contributed by atoms with Crippen molar-refractivity contribution >= 4 is 0 Å². The largest absolute Gasteiger partial charge is 0.310 e. The van der Waals surface area contributed by atoms with Crippen molar-refractivity contribution < 1.29 is 0 Å². The summed E-state index contributed by atoms with van der Waals surface area (Å²) >= 11 is 0. The zero-order valence-corrected chi connectivity index (χ0v) is 11.9. The second-order valence-corrected chi connectivity index (χ2v) is 5.88. The van der Waals surface area contributed by atoms with Crippen LogP contribution in [0.2, 0.25) is 0 Å². The van der Waals surface area contributed by atoms with Crippen molar-refractivity contribution in [3.63, 3.8) is 0 Å². The Balaban J connectivity index is 1.66. The van der Waals surface area contributed by atoms with Crippen LogP contribution in [0.15, 0.2) is 24.3 Å². The van der Waals surface area contributed by atoms with Gasteiger partial charge in [-0.15, -0.1) is 0 Å². The normalized spacial score (nSPS) is 18.1. The van der Waals surface area contributed by atoms with E-state index in [0.717, 1.165) is 12.5 Å². The van der Waals surface area contributed by atoms with Crippen LogP contribution in [0.4, 0.5) is 0 Å². The lowest BCUT2D eigenvalue weighted by molar-refractivity contribution is 0.456. The van der Waals surface area contributed by atoms with Crippen LogP contribution >= 0.6 is 0 Å². The molecule has 0 saturated heterocycles. The van der Waals surface area contributed by atoms with Gasteiger partial charge in [-0.05, 0) is 44.7 Å². The Labute approximate surface area is 112 Å². The molecule has 0 radical (unpaired) electrons. The zero-order valence-electron chi connectivity index (χ0n) is 11.9. The maximum absolute atomic E-state index is 3.65. The Bertz CT molecular complexity index is 352. The van der Waals surface area contributed by atoms with Gasteiger partial charge in [-0.2, -0.15) is 0 Å². The summed E-state index contributed by atoms with van der Waals surface area (Å²) in [5.74, 6) is 1.03. The van der Waals surface area contributed by atoms with Crippen molar-refractivity contribution in [1.82, 2.24) is 5.32 Å². The number of aryl methyl sites for hydroxylation is 1. The molecule has 1 nitrogen and oxygen atoms in total. The minimum atomic E-state index is 0.480. The molecule has 1 heteroatoms. The molecule has 0 bridgehead atoms. The van der Waals surface area contributed by atoms with Gasteiger partial charge in [0.2, 0.25) is 0 Å². The van der Waals surface area contributed by atoms with Crippen LogP contribution in [0.1, 0.15) is 62.6 Å². The number of benzene rings is 1. The lowest BCUT2D eigenvalue weighted by Crippen LogP contribution is -2.20. The van der Waals surface area contributed by atoms with Crippen molar-refractivity contribution in [1.29, 1.82) is 0 Å². The molecule has 18 heavy (non-hydrogen) atoms. The van der Waals surface area contributed by atoms with Crippen molar-refractivity contribution in [3.05, 3.63) is 35.4 Å². The number of hydrogen-bond donors (Lipinski definition) is 1. The molecular weight excluding hydrogens is 218 g/mol. The van der Waals surface area contributed by atoms with Crippen molar-refractivity contribution in [2.75, 3.05) is 6.54 Å². The summed E-state index contributed by atoms with van der Waals surface area (Å²) in [6.07, 6.45) is 8.66. The molecule has 100 valence electrons. The van der Waals surface area contributed by atoms with E-state index in [1.807, 2.05) is 0 Å². The highest BCUT2D eigenvalue weighted by Gasteiger charge is 2.14. The van der Waals surface area contributed by atoms with Gasteiger partial charge in [0.05, 0.1) is 0 Å². The molecule has 1 aromatic rings. The molecule has 1 atom stereocenters. The maximum atomic E-state index is 3.65. The van der Waals surface area contributed by atoms with Gasteiger partial charge in [-0.1, -0.05) is 55.5 Å². The first-order valence-corrected chi connectivity index (χ1v) is 7.55. The van der Waals surface area contributed by atoms with Crippen LogP contribution in [0, 0.1) is 12.8 Å². The van der Waals surface area contributed by atoms with Crippen LogP contribution in [0.25, 0.3) is 0 Å². The second-order valence-electron chi connectivity index (χ2n) is 5.88. The van der Waals surface area contributed by atoms with Gasteiger partial charge < -0.3 is 5.32 Å². The highest BCUT2D eigenvalue weighted by Crippen LogP contribution is 2.28. The molecule has 0 aromatic heterocycles. The van der Waals surface area contributed by atoms with Crippen LogP contribution in [-0.2, 0) is 0 Å². The lowest BCUT2D eigenvalue weighted by atomic mass is 10.0. The van der Waals surface area contributed by atoms with Gasteiger partial charge in [0, 0.05) is 6.04 Å². The monoisotopic (exact) mass is 245 g/mol. The smallest absolute Gasteiger partial charge is 0.0291 e. The van der Waals surface area contributed by atoms with Crippen molar-refractivity contribution in [3.8, 4) is 0 Å². The van der Waals surface area contributed by atoms with E-state index in [0.29, 0.717) is 6.04 Å². The Morgan fingerprint density at radius 3 is 2.78 bits per heavy atom. The SMILES string of the molecule is Cc1cccc(C(C)NCCCC2CCCC2)c1. The van der Waals surface area contributed by atoms with Gasteiger partial charge in [0.1, 0.15) is 0 Å². The van der Waals surface area contributed by atoms with E-state index in [1.54, 1.807) is 0 Å². The summed E-state index contributed by atoms with van der Waals surface area (Å²) in [4.78, 5) is 0. The Morgan fingerprint density at radius 2 is 2.06 bits per heavy atom. The molecule has 1 fully saturated rings. The summed E-state index contributed by atoms with van der Waals surface area (Å²) in [6.45, 7) is 5.59. The molecule has 1 unspecified atom stereocenters. The minimum Gasteiger partial charge on any atom is -0.310 e. The fourth-order valence-corrected chi connectivity index (χ4v) is 3.07. The predicted molar refractivity (Wildman–Crippen MR) is 78.8 cm³/mol. The third-order valence-electron chi connectivity index (χ3n) is 4.26. The maximum Gasteiger partial charge on any atom is 0.0291 e. The first-order valence-electron chi connectivity index (χ1n) is 7.55. The molecule has 1 aromatic carbocycles. The summed E-state index contributed by atoms with van der Waals surface area (Å²) in [6, 6.07) is 9.31. The summed E-state index contributed by atoms with van der Waals surface area (Å²) in [5, 5.41) is 3.65. The molecule has 1 aliphatic carbocycles. The topological polar surface area (TPSA) is 12.0 Å². The first kappa shape index (κ1) is 13.6. The van der Waals surface area contributed by atoms with E-state index in [9.17, 15) is 0 Å². The van der Waals surface area contributed by atoms with E-state index in [4.69, 9.17) is 0 Å². The van der Waals surface area contributed by atoms with Crippen LogP contribution < -0.4 is 5.32 Å². The summed E-state index contributed by atoms with van der Waals surface area (Å²) < 4.78 is 0. The van der Waals surface area contributed by atoms with Gasteiger partial charge >= 0.3 is 0 Å². The standard InChI is InChI=1S/C17H27N/c1-14-7-5-11-17(13-14)15(2)18-12-6-10-16-8-3-4-9-16/h5,7,11,13,15-16,18H,3-4,6,8-10,12H2,1-2H3. The van der Waals surface area contributed by atoms with E-state index in [1.165, 1.54) is 49.7 Å². The van der Waals surface area contributed by atoms with E-state index in [2.05, 4.69) is 43.4 Å². The van der Waals surface area contributed by atoms with E-state index < -0.39 is 0 Å². The van der Waals surface area contributed by atoms with Gasteiger partial charge in [-0.3, -0.25) is 0 Å². The highest BCUT2D eigenvalue weighted by molar-refractivity contribution is 5.24. The van der Waals surface area contributed by atoms with E-state index in [-0.39, 0.29) is 0 Å². The Kier molecular flexibility index (Phi) is 5.25. The molecule has 0 amide bonds. The number of rotatable bonds is 6. The fourth-order valence-electron chi connectivity index (χ4n) is 3.07. The quantitative estimate of drug-likeness (QED) is 0.721. The van der Waals surface area contributed by atoms with Gasteiger partial charge in [0.15, 0.2) is 0 Å². The molecule has 1 saturated carbocycles. The molecular formula is C17H27N. The molecule has 0 spiro atoms. The van der Waals surface area contributed by atoms with Crippen LogP contribution in [0.3, 0.4) is 0 Å². The van der Waals surface area contributed by atoms with Gasteiger partial charge in [-0.25, -0.2) is 0 Å². The average molecular weight is 245 g/mol. The molecule has 0 aliphatic heterocycles. The summed E-state index contributed by atoms with van der Waals surface area (Å²) in [5.41, 5.74) is 2.77. The fraction of sp³-hybridized carbons (Fsp3) is 0.647. The van der Waals surface area contributed by atoms with Crippen molar-refractivity contribution in [2.45, 2.75) is 58.4 Å². The molecule has 2 rings (SSSR count). The van der Waals surface area contributed by atoms with E-state index >= 15 is 0 Å². The highest BCUT2D eigenvalue weighted by atomic mass is 14.9. The molecule has 1 N–H and O–H groups in total. The van der Waals surface area contributed by atoms with Crippen LogP contribution in [-0.4, -0.2) is 6.54 Å². The zero-order chi connectivity index (χ0) is 12.8. The molecule has 1 aliphatic rings. The minimum absolute atomic E-state index is 0.480. The van der Waals surface area contributed by atoms with Gasteiger partial charge in [0.25, 0.3) is 0 Å². The van der Waals surface area contributed by atoms with Crippen LogP contribution in [0.5, 0.6) is 0 Å². The number of nitrogens with one attached hydrogen (secondary N) is 1. The molecule has 0 heterocycles. The Morgan fingerprint density at radius 1 is 1.28 bits per heavy atom. The third-order valence-corrected chi connectivity index (χ3v) is 4.26. The predicted octanol–water partition coefficient (Wildman–Crippen LogP) is 4.62. The average Bonchev–Trinajstić information content (AvgIpc) is 2.87. The Hall–Kier alpha value is -0.820. The first-order chi connectivity index (χ1) is 8.75. The third kappa shape index (κ3) is 4.13.